The van der Waals surface area contributed by atoms with Gasteiger partial charge in [0.2, 0.25) is 0 Å². The van der Waals surface area contributed by atoms with E-state index in [9.17, 15) is 0 Å². The minimum atomic E-state index is 0.153. The number of nitrogens with zero attached hydrogens (tertiary/aromatic N) is 2. The van der Waals surface area contributed by atoms with Crippen LogP contribution in [0.5, 0.6) is 11.8 Å². The molecule has 0 spiro atoms. The second kappa shape index (κ2) is 5.92. The molecule has 0 aliphatic heterocycles. The number of ether oxygens (including phenoxy) is 1. The van der Waals surface area contributed by atoms with Gasteiger partial charge in [0.05, 0.1) is 0 Å². The molecule has 0 bridgehead atoms. The Kier molecular flexibility index (Phi) is 4.27. The summed E-state index contributed by atoms with van der Waals surface area (Å²) >= 11 is 2.14. The summed E-state index contributed by atoms with van der Waals surface area (Å²) in [5.41, 5.74) is 1.07. The fourth-order valence-corrected chi connectivity index (χ4v) is 1.59. The van der Waals surface area contributed by atoms with Crippen LogP contribution in [0.25, 0.3) is 0 Å². The minimum absolute atomic E-state index is 0.153. The van der Waals surface area contributed by atoms with Crippen molar-refractivity contribution in [3.05, 3.63) is 45.8 Å². The second-order valence-corrected chi connectivity index (χ2v) is 4.65. The third-order valence-corrected chi connectivity index (χ3v) is 2.69. The van der Waals surface area contributed by atoms with E-state index in [2.05, 4.69) is 32.6 Å². The first-order valence-corrected chi connectivity index (χ1v) is 6.21. The van der Waals surface area contributed by atoms with Crippen LogP contribution in [0.2, 0.25) is 0 Å². The Morgan fingerprint density at radius 2 is 1.76 bits per heavy atom. The summed E-state index contributed by atoms with van der Waals surface area (Å²) in [6.45, 7) is 0.153. The molecule has 4 nitrogen and oxygen atoms in total. The molecule has 0 saturated carbocycles. The molecule has 0 aliphatic carbocycles. The normalized spacial score (nSPS) is 10.2. The summed E-state index contributed by atoms with van der Waals surface area (Å²) < 4.78 is 6.44. The third-order valence-electron chi connectivity index (χ3n) is 2.13. The molecule has 1 aromatic carbocycles. The van der Waals surface area contributed by atoms with Crippen LogP contribution in [-0.4, -0.2) is 21.7 Å². The third kappa shape index (κ3) is 3.64. The lowest BCUT2D eigenvalue weighted by Gasteiger charge is -2.04. The lowest BCUT2D eigenvalue weighted by molar-refractivity contribution is 0.299. The number of hydrogen-bond donors (Lipinski definition) is 1. The highest BCUT2D eigenvalue weighted by Gasteiger charge is 2.00. The first kappa shape index (κ1) is 12.3. The van der Waals surface area contributed by atoms with E-state index in [1.807, 2.05) is 24.3 Å². The summed E-state index contributed by atoms with van der Waals surface area (Å²) in [7, 11) is 0. The van der Waals surface area contributed by atoms with Gasteiger partial charge in [-0.3, -0.25) is 0 Å². The Labute approximate surface area is 113 Å². The van der Waals surface area contributed by atoms with E-state index in [1.54, 1.807) is 12.4 Å². The maximum Gasteiger partial charge on any atom is 0.321 e. The van der Waals surface area contributed by atoms with Crippen molar-refractivity contribution in [3.8, 4) is 11.8 Å². The molecule has 0 atom stereocenters. The zero-order chi connectivity index (χ0) is 12.1. The van der Waals surface area contributed by atoms with Crippen LogP contribution < -0.4 is 4.74 Å². The number of aliphatic hydroxyl groups excluding tert-OH is 1. The zero-order valence-corrected chi connectivity index (χ0v) is 11.2. The van der Waals surface area contributed by atoms with E-state index in [0.717, 1.165) is 9.13 Å². The number of halogens is 1. The van der Waals surface area contributed by atoms with E-state index in [1.165, 1.54) is 0 Å². The van der Waals surface area contributed by atoms with Crippen LogP contribution in [0.3, 0.4) is 0 Å². The van der Waals surface area contributed by atoms with Crippen LogP contribution in [0.15, 0.2) is 36.7 Å². The molecule has 1 aromatic heterocycles. The van der Waals surface area contributed by atoms with E-state index >= 15 is 0 Å². The number of aliphatic hydroxyl groups is 1. The van der Waals surface area contributed by atoms with Gasteiger partial charge < -0.3 is 9.84 Å². The standard InChI is InChI=1S/C12H11IN2O2/c13-10-7-14-12(15-8-10)17-11-3-1-9(2-4-11)5-6-16/h1-4,7-8,16H,5-6H2. The van der Waals surface area contributed by atoms with Gasteiger partial charge >= 0.3 is 6.01 Å². The number of rotatable bonds is 4. The van der Waals surface area contributed by atoms with Gasteiger partial charge in [0.25, 0.3) is 0 Å². The van der Waals surface area contributed by atoms with Crippen molar-refractivity contribution in [2.45, 2.75) is 6.42 Å². The largest absolute Gasteiger partial charge is 0.424 e. The number of aromatic nitrogens is 2. The molecular weight excluding hydrogens is 331 g/mol. The van der Waals surface area contributed by atoms with Gasteiger partial charge in [-0.05, 0) is 46.7 Å². The highest BCUT2D eigenvalue weighted by atomic mass is 127. The van der Waals surface area contributed by atoms with Gasteiger partial charge in [0, 0.05) is 22.6 Å². The Hall–Kier alpha value is -1.21. The summed E-state index contributed by atoms with van der Waals surface area (Å²) in [6, 6.07) is 7.84. The lowest BCUT2D eigenvalue weighted by atomic mass is 10.1. The van der Waals surface area contributed by atoms with E-state index in [-0.39, 0.29) is 6.61 Å². The first-order chi connectivity index (χ1) is 8.28. The van der Waals surface area contributed by atoms with Crippen molar-refractivity contribution >= 4 is 22.6 Å². The molecule has 2 aromatic rings. The Bertz CT molecular complexity index is 471. The first-order valence-electron chi connectivity index (χ1n) is 5.13. The molecular formula is C12H11IN2O2. The molecule has 5 heteroatoms. The predicted octanol–water partition coefficient (Wildman–Crippen LogP) is 2.41. The molecule has 17 heavy (non-hydrogen) atoms. The van der Waals surface area contributed by atoms with Crippen molar-refractivity contribution in [2.24, 2.45) is 0 Å². The van der Waals surface area contributed by atoms with Gasteiger partial charge in [-0.25, -0.2) is 9.97 Å². The molecule has 0 amide bonds. The highest BCUT2D eigenvalue weighted by molar-refractivity contribution is 14.1. The summed E-state index contributed by atoms with van der Waals surface area (Å²) in [4.78, 5) is 8.10. The van der Waals surface area contributed by atoms with Crippen molar-refractivity contribution in [1.82, 2.24) is 9.97 Å². The number of benzene rings is 1. The fourth-order valence-electron chi connectivity index (χ4n) is 1.31. The topological polar surface area (TPSA) is 55.2 Å². The van der Waals surface area contributed by atoms with Gasteiger partial charge in [-0.2, -0.15) is 0 Å². The van der Waals surface area contributed by atoms with Crippen LogP contribution in [0.1, 0.15) is 5.56 Å². The monoisotopic (exact) mass is 342 g/mol. The molecule has 0 unspecified atom stereocenters. The maximum atomic E-state index is 8.80. The van der Waals surface area contributed by atoms with Crippen molar-refractivity contribution in [2.75, 3.05) is 6.61 Å². The van der Waals surface area contributed by atoms with Crippen molar-refractivity contribution in [1.29, 1.82) is 0 Å². The number of hydrogen-bond acceptors (Lipinski definition) is 4. The lowest BCUT2D eigenvalue weighted by Crippen LogP contribution is -1.93. The second-order valence-electron chi connectivity index (χ2n) is 3.40. The predicted molar refractivity (Wildman–Crippen MR) is 72.1 cm³/mol. The summed E-state index contributed by atoms with van der Waals surface area (Å²) in [5, 5.41) is 8.80. The van der Waals surface area contributed by atoms with Gasteiger partial charge in [-0.15, -0.1) is 0 Å². The SMILES string of the molecule is OCCc1ccc(Oc2ncc(I)cn2)cc1. The molecule has 0 fully saturated rings. The summed E-state index contributed by atoms with van der Waals surface area (Å²) in [6.07, 6.45) is 4.05. The average molecular weight is 342 g/mol. The fraction of sp³-hybridized carbons (Fsp3) is 0.167. The van der Waals surface area contributed by atoms with Crippen molar-refractivity contribution < 1.29 is 9.84 Å². The van der Waals surface area contributed by atoms with Crippen molar-refractivity contribution in [3.63, 3.8) is 0 Å². The van der Waals surface area contributed by atoms with E-state index in [4.69, 9.17) is 9.84 Å². The zero-order valence-electron chi connectivity index (χ0n) is 9.01. The Morgan fingerprint density at radius 1 is 1.12 bits per heavy atom. The smallest absolute Gasteiger partial charge is 0.321 e. The molecule has 1 heterocycles. The Balaban J connectivity index is 2.05. The molecule has 0 saturated heterocycles. The molecule has 0 aliphatic rings. The maximum absolute atomic E-state index is 8.80. The average Bonchev–Trinajstić information content (AvgIpc) is 2.35. The van der Waals surface area contributed by atoms with Crippen LogP contribution in [0, 0.1) is 3.57 Å². The Morgan fingerprint density at radius 3 is 2.35 bits per heavy atom. The van der Waals surface area contributed by atoms with Crippen LogP contribution in [-0.2, 0) is 6.42 Å². The molecule has 2 rings (SSSR count). The van der Waals surface area contributed by atoms with Crippen LogP contribution in [0.4, 0.5) is 0 Å². The van der Waals surface area contributed by atoms with E-state index < -0.39 is 0 Å². The molecule has 0 radical (unpaired) electrons. The highest BCUT2D eigenvalue weighted by Crippen LogP contribution is 2.18. The van der Waals surface area contributed by atoms with E-state index in [0.29, 0.717) is 18.2 Å². The van der Waals surface area contributed by atoms with Crippen LogP contribution >= 0.6 is 22.6 Å². The molecule has 1 N–H and O–H groups in total. The quantitative estimate of drug-likeness (QED) is 0.867. The van der Waals surface area contributed by atoms with Gasteiger partial charge in [-0.1, -0.05) is 12.1 Å². The van der Waals surface area contributed by atoms with Gasteiger partial charge in [0.1, 0.15) is 5.75 Å². The molecule has 88 valence electrons. The minimum Gasteiger partial charge on any atom is -0.424 e. The van der Waals surface area contributed by atoms with Gasteiger partial charge in [0.15, 0.2) is 0 Å². The summed E-state index contributed by atoms with van der Waals surface area (Å²) in [5.74, 6) is 0.688.